The van der Waals surface area contributed by atoms with Gasteiger partial charge in [0.05, 0.1) is 12.4 Å². The Morgan fingerprint density at radius 1 is 0.762 bits per heavy atom. The zero-order valence-electron chi connectivity index (χ0n) is 10.6. The van der Waals surface area contributed by atoms with Crippen LogP contribution in [0.25, 0.3) is 0 Å². The number of aromatic nitrogens is 2. The van der Waals surface area contributed by atoms with Gasteiger partial charge in [-0.25, -0.2) is 0 Å². The van der Waals surface area contributed by atoms with Crippen molar-refractivity contribution in [1.82, 2.24) is 9.97 Å². The average Bonchev–Trinajstić information content (AvgIpc) is 2.32. The maximum atomic E-state index is 8.74. The van der Waals surface area contributed by atoms with Gasteiger partial charge in [-0.3, -0.25) is 19.1 Å². The maximum absolute atomic E-state index is 8.74. The molecule has 2 aromatic rings. The van der Waals surface area contributed by atoms with Gasteiger partial charge >= 0.3 is 10.4 Å². The smallest absolute Gasteiger partial charge is 0.394 e. The van der Waals surface area contributed by atoms with Gasteiger partial charge in [-0.2, -0.15) is 8.42 Å². The molecular formula is C10H16N2O7SV. The molecule has 8 N–H and O–H groups in total. The number of nitrogens with zero attached hydrogens (tertiary/aromatic N) is 2. The second kappa shape index (κ2) is 20.9. The van der Waals surface area contributed by atoms with E-state index in [-0.39, 0.29) is 35.0 Å². The van der Waals surface area contributed by atoms with Gasteiger partial charge in [-0.15, -0.1) is 0 Å². The molecule has 3 radical (unpaired) electrons. The molecule has 0 saturated carbocycles. The average molecular weight is 359 g/mol. The van der Waals surface area contributed by atoms with Crippen LogP contribution in [-0.2, 0) is 29.0 Å². The summed E-state index contributed by atoms with van der Waals surface area (Å²) in [5, 5.41) is 0. The third-order valence-electron chi connectivity index (χ3n) is 1.03. The van der Waals surface area contributed by atoms with Crippen LogP contribution in [0.4, 0.5) is 0 Å². The summed E-state index contributed by atoms with van der Waals surface area (Å²) in [6.45, 7) is 0. The van der Waals surface area contributed by atoms with Crippen LogP contribution in [0, 0.1) is 12.4 Å². The van der Waals surface area contributed by atoms with Crippen LogP contribution in [0.15, 0.2) is 48.8 Å². The van der Waals surface area contributed by atoms with E-state index >= 15 is 0 Å². The van der Waals surface area contributed by atoms with E-state index in [0.29, 0.717) is 0 Å². The van der Waals surface area contributed by atoms with Crippen molar-refractivity contribution < 1.29 is 52.5 Å². The van der Waals surface area contributed by atoms with Crippen LogP contribution in [-0.4, -0.2) is 43.9 Å². The van der Waals surface area contributed by atoms with Crippen molar-refractivity contribution in [2.75, 3.05) is 0 Å². The minimum Gasteiger partial charge on any atom is -0.412 e. The van der Waals surface area contributed by atoms with E-state index in [0.717, 1.165) is 0 Å². The summed E-state index contributed by atoms with van der Waals surface area (Å²) in [6.07, 6.45) is 8.67. The molecule has 0 amide bonds. The van der Waals surface area contributed by atoms with E-state index in [9.17, 15) is 0 Å². The Labute approximate surface area is 134 Å². The molecule has 21 heavy (non-hydrogen) atoms. The quantitative estimate of drug-likeness (QED) is 0.544. The van der Waals surface area contributed by atoms with Crippen LogP contribution in [0.1, 0.15) is 0 Å². The minimum absolute atomic E-state index is 0. The maximum Gasteiger partial charge on any atom is 0.394 e. The molecule has 0 aliphatic heterocycles. The molecule has 0 spiro atoms. The largest absolute Gasteiger partial charge is 0.412 e. The van der Waals surface area contributed by atoms with E-state index in [4.69, 9.17) is 17.5 Å². The third kappa shape index (κ3) is 45.6. The van der Waals surface area contributed by atoms with Gasteiger partial charge in [0.2, 0.25) is 0 Å². The van der Waals surface area contributed by atoms with Gasteiger partial charge in [0.1, 0.15) is 0 Å². The Hall–Kier alpha value is -1.37. The fourth-order valence-corrected chi connectivity index (χ4v) is 0.555. The Morgan fingerprint density at radius 3 is 1.10 bits per heavy atom. The Morgan fingerprint density at radius 2 is 1.05 bits per heavy atom. The molecule has 0 aromatic carbocycles. The summed E-state index contributed by atoms with van der Waals surface area (Å²) in [7, 11) is -4.67. The molecule has 2 heterocycles. The Kier molecular flexibility index (Phi) is 31.7. The zero-order valence-corrected chi connectivity index (χ0v) is 12.8. The van der Waals surface area contributed by atoms with E-state index in [1.165, 1.54) is 0 Å². The fourth-order valence-electron chi connectivity index (χ4n) is 0.555. The molecule has 119 valence electrons. The molecule has 0 atom stereocenters. The normalized spacial score (nSPS) is 7.33. The van der Waals surface area contributed by atoms with Crippen LogP contribution in [0.3, 0.4) is 0 Å². The first kappa shape index (κ1) is 31.8. The first-order valence-electron chi connectivity index (χ1n) is 4.24. The predicted molar refractivity (Wildman–Crippen MR) is 71.2 cm³/mol. The molecule has 0 saturated heterocycles. The predicted octanol–water partition coefficient (Wildman–Crippen LogP) is -1.37. The van der Waals surface area contributed by atoms with Crippen LogP contribution >= 0.6 is 0 Å². The summed E-state index contributed by atoms with van der Waals surface area (Å²) in [5.74, 6) is 0. The fraction of sp³-hybridized carbons (Fsp3) is 0. The standard InChI is InChI=1S/2C5H4N.H2O4S.3H2O.V/c2*1-2-4-6-5-3-1;1-5(2,3)4;;;;/h2*1-4H;(H2,1,2,3,4);3*1H2;. The molecule has 11 heteroatoms. The van der Waals surface area contributed by atoms with Crippen molar-refractivity contribution >= 4 is 10.4 Å². The molecule has 0 fully saturated rings. The number of hydrogen-bond acceptors (Lipinski definition) is 4. The number of hydrogen-bond donors (Lipinski definition) is 2. The second-order valence-corrected chi connectivity index (χ2v) is 3.26. The first-order valence-corrected chi connectivity index (χ1v) is 5.64. The van der Waals surface area contributed by atoms with Gasteiger partial charge < -0.3 is 16.4 Å². The molecule has 0 aliphatic carbocycles. The molecule has 0 bridgehead atoms. The SMILES string of the molecule is O.O.O.O=S(=O)(O)O.[V].[c]1ccccn1.[c]1ccccn1. The summed E-state index contributed by atoms with van der Waals surface area (Å²) in [6, 6.07) is 11.0. The van der Waals surface area contributed by atoms with E-state index in [1.54, 1.807) is 24.5 Å². The van der Waals surface area contributed by atoms with E-state index in [1.807, 2.05) is 24.3 Å². The second-order valence-electron chi connectivity index (χ2n) is 2.37. The molecule has 9 nitrogen and oxygen atoms in total. The van der Waals surface area contributed by atoms with Crippen molar-refractivity contribution in [3.8, 4) is 0 Å². The molecule has 2 rings (SSSR count). The van der Waals surface area contributed by atoms with Crippen LogP contribution in [0.5, 0.6) is 0 Å². The Bertz CT molecular complexity index is 380. The topological polar surface area (TPSA) is 195 Å². The first-order chi connectivity index (χ1) is 8.00. The number of rotatable bonds is 0. The summed E-state index contributed by atoms with van der Waals surface area (Å²) < 4.78 is 31.6. The summed E-state index contributed by atoms with van der Waals surface area (Å²) in [4.78, 5) is 7.32. The van der Waals surface area contributed by atoms with Crippen LogP contribution < -0.4 is 0 Å². The van der Waals surface area contributed by atoms with Crippen molar-refractivity contribution in [2.24, 2.45) is 0 Å². The van der Waals surface area contributed by atoms with Gasteiger partial charge in [0, 0.05) is 30.9 Å². The molecule has 2 aromatic heterocycles. The molecular weight excluding hydrogens is 343 g/mol. The van der Waals surface area contributed by atoms with Crippen molar-refractivity contribution in [2.45, 2.75) is 0 Å². The monoisotopic (exact) mass is 359 g/mol. The van der Waals surface area contributed by atoms with Gasteiger partial charge in [-0.05, 0) is 24.3 Å². The molecule has 0 aliphatic rings. The van der Waals surface area contributed by atoms with Gasteiger partial charge in [0.25, 0.3) is 0 Å². The van der Waals surface area contributed by atoms with Gasteiger partial charge in [-0.1, -0.05) is 12.1 Å². The minimum atomic E-state index is -4.67. The summed E-state index contributed by atoms with van der Waals surface area (Å²) in [5.41, 5.74) is 0. The van der Waals surface area contributed by atoms with Gasteiger partial charge in [0.15, 0.2) is 0 Å². The van der Waals surface area contributed by atoms with Crippen molar-refractivity contribution in [1.29, 1.82) is 0 Å². The Balaban J connectivity index is -0.0000000560. The number of pyridine rings is 2. The van der Waals surface area contributed by atoms with Crippen molar-refractivity contribution in [3.63, 3.8) is 0 Å². The molecule has 0 unspecified atom stereocenters. The van der Waals surface area contributed by atoms with E-state index in [2.05, 4.69) is 22.4 Å². The van der Waals surface area contributed by atoms with E-state index < -0.39 is 10.4 Å². The van der Waals surface area contributed by atoms with Crippen molar-refractivity contribution in [3.05, 3.63) is 61.2 Å². The summed E-state index contributed by atoms with van der Waals surface area (Å²) >= 11 is 0. The zero-order chi connectivity index (χ0) is 13.0. The van der Waals surface area contributed by atoms with Crippen LogP contribution in [0.2, 0.25) is 0 Å². The third-order valence-corrected chi connectivity index (χ3v) is 1.03.